The molecule has 3 nitrogen and oxygen atoms in total. The number of hydrogen-bond donors (Lipinski definition) is 0. The first-order valence-corrected chi connectivity index (χ1v) is 22.2. The predicted molar refractivity (Wildman–Crippen MR) is 260 cm³/mol. The lowest BCUT2D eigenvalue weighted by Gasteiger charge is -2.41. The maximum Gasteiger partial charge on any atom is 0.0703 e. The van der Waals surface area contributed by atoms with Gasteiger partial charge in [-0.2, -0.15) is 0 Å². The van der Waals surface area contributed by atoms with E-state index in [0.29, 0.717) is 5.92 Å². The number of rotatable bonds is 6. The molecule has 2 aliphatic heterocycles. The molecule has 0 N–H and O–H groups in total. The molecule has 0 fully saturated rings. The molecule has 1 atom stereocenters. The second-order valence-electron chi connectivity index (χ2n) is 17.0. The Labute approximate surface area is 364 Å². The fourth-order valence-corrected chi connectivity index (χ4v) is 11.3. The van der Waals surface area contributed by atoms with Gasteiger partial charge in [-0.1, -0.05) is 147 Å². The lowest BCUT2D eigenvalue weighted by Crippen LogP contribution is -2.30. The highest BCUT2D eigenvalue weighted by Crippen LogP contribution is 2.57. The van der Waals surface area contributed by atoms with E-state index in [0.717, 1.165) is 23.5 Å². The Bertz CT molecular complexity index is 3010. The van der Waals surface area contributed by atoms with Gasteiger partial charge in [0.2, 0.25) is 0 Å². The highest BCUT2D eigenvalue weighted by molar-refractivity contribution is 7.99. The van der Waals surface area contributed by atoms with Crippen LogP contribution in [0.4, 0.5) is 39.8 Å². The zero-order valence-electron chi connectivity index (χ0n) is 35.0. The van der Waals surface area contributed by atoms with Crippen molar-refractivity contribution in [3.8, 4) is 0 Å². The van der Waals surface area contributed by atoms with Crippen molar-refractivity contribution < 1.29 is 0 Å². The van der Waals surface area contributed by atoms with Crippen LogP contribution < -0.4 is 14.7 Å². The fraction of sp³-hybridized carbons (Fsp3) is 0.123. The molecule has 0 spiro atoms. The molecule has 0 aromatic heterocycles. The number of hydrogen-bond acceptors (Lipinski definition) is 4. The summed E-state index contributed by atoms with van der Waals surface area (Å²) in [6.07, 6.45) is 14.8. The maximum absolute atomic E-state index is 2.47. The van der Waals surface area contributed by atoms with Crippen LogP contribution in [0.3, 0.4) is 0 Å². The van der Waals surface area contributed by atoms with Crippen LogP contribution in [0, 0.1) is 5.92 Å². The third-order valence-corrected chi connectivity index (χ3v) is 14.3. The summed E-state index contributed by atoms with van der Waals surface area (Å²) in [5.41, 5.74) is 17.5. The molecular weight excluding hydrogens is 759 g/mol. The van der Waals surface area contributed by atoms with Gasteiger partial charge in [-0.05, 0) is 138 Å². The van der Waals surface area contributed by atoms with Gasteiger partial charge in [-0.15, -0.1) is 0 Å². The molecule has 11 rings (SSSR count). The molecule has 0 saturated heterocycles. The Morgan fingerprint density at radius 2 is 1.20 bits per heavy atom. The largest absolute Gasteiger partial charge is 0.310 e. The second kappa shape index (κ2) is 14.8. The van der Waals surface area contributed by atoms with Crippen molar-refractivity contribution in [1.82, 2.24) is 0 Å². The molecule has 1 unspecified atom stereocenters. The van der Waals surface area contributed by atoms with Crippen LogP contribution in [0.5, 0.6) is 0 Å². The van der Waals surface area contributed by atoms with Crippen molar-refractivity contribution >= 4 is 74.0 Å². The number of allylic oxidation sites excluding steroid dienone is 8. The molecule has 4 heteroatoms. The normalized spacial score (nSPS) is 17.6. The average Bonchev–Trinajstić information content (AvgIpc) is 3.52. The van der Waals surface area contributed by atoms with E-state index >= 15 is 0 Å². The van der Waals surface area contributed by atoms with Gasteiger partial charge in [0.1, 0.15) is 0 Å². The summed E-state index contributed by atoms with van der Waals surface area (Å²) in [5, 5.41) is 2.47. The molecule has 0 saturated carbocycles. The SMILES string of the molecule is CC=CC1=C(C)N(c2ccccc2)c2ccccc2N1c1cccc2c(C=CC3=CC=C4c5ccc(N6c7ccccc7Sc7ccccc76)cc5C(C)(C)C4C3)cccc12. The van der Waals surface area contributed by atoms with Crippen LogP contribution in [0.25, 0.3) is 22.4 Å². The Morgan fingerprint density at radius 3 is 1.93 bits per heavy atom. The first kappa shape index (κ1) is 37.3. The van der Waals surface area contributed by atoms with Crippen LogP contribution in [0.15, 0.2) is 215 Å². The zero-order chi connectivity index (χ0) is 41.2. The standard InChI is InChI=1S/C57H47N3S/c1-5-17-49-38(2)58(41-19-7-6-8-20-41)51-23-9-10-24-52(51)60(49)50-27-16-21-43-40(18-15-22-46(43)50)32-30-39-31-34-44-45-35-33-42(37-48(45)57(3,4)47(44)36-39)59-53-25-11-13-28-55(53)61-56-29-14-12-26-54(56)59/h5-35,37,47H,36H2,1-4H3. The minimum atomic E-state index is -0.0282. The van der Waals surface area contributed by atoms with Crippen LogP contribution >= 0.6 is 11.8 Å². The van der Waals surface area contributed by atoms with E-state index in [9.17, 15) is 0 Å². The van der Waals surface area contributed by atoms with Gasteiger partial charge in [0, 0.05) is 32.2 Å². The van der Waals surface area contributed by atoms with E-state index in [-0.39, 0.29) is 5.41 Å². The first-order valence-electron chi connectivity index (χ1n) is 21.4. The molecule has 2 heterocycles. The van der Waals surface area contributed by atoms with Gasteiger partial charge in [-0.25, -0.2) is 0 Å². The van der Waals surface area contributed by atoms with Gasteiger partial charge in [-0.3, -0.25) is 0 Å². The monoisotopic (exact) mass is 805 g/mol. The van der Waals surface area contributed by atoms with Crippen LogP contribution in [-0.4, -0.2) is 0 Å². The van der Waals surface area contributed by atoms with Crippen LogP contribution in [0.1, 0.15) is 50.8 Å². The van der Waals surface area contributed by atoms with E-state index in [4.69, 9.17) is 0 Å². The quantitative estimate of drug-likeness (QED) is 0.166. The molecule has 0 amide bonds. The number of para-hydroxylation sites is 5. The van der Waals surface area contributed by atoms with Gasteiger partial charge in [0.15, 0.2) is 0 Å². The Hall–Kier alpha value is -6.75. The molecule has 7 aromatic rings. The average molecular weight is 806 g/mol. The summed E-state index contributed by atoms with van der Waals surface area (Å²) in [6, 6.07) is 57.7. The zero-order valence-corrected chi connectivity index (χ0v) is 35.8. The smallest absolute Gasteiger partial charge is 0.0703 e. The maximum atomic E-state index is 2.47. The topological polar surface area (TPSA) is 9.72 Å². The fourth-order valence-electron chi connectivity index (χ4n) is 10.2. The van der Waals surface area contributed by atoms with E-state index in [1.165, 1.54) is 82.5 Å². The van der Waals surface area contributed by atoms with Crippen LogP contribution in [-0.2, 0) is 5.41 Å². The molecule has 7 aromatic carbocycles. The third kappa shape index (κ3) is 6.03. The molecule has 2 aliphatic carbocycles. The van der Waals surface area contributed by atoms with Gasteiger partial charge < -0.3 is 14.7 Å². The summed E-state index contributed by atoms with van der Waals surface area (Å²) in [6.45, 7) is 9.23. The van der Waals surface area contributed by atoms with E-state index in [1.54, 1.807) is 0 Å². The lowest BCUT2D eigenvalue weighted by molar-refractivity contribution is 0.410. The minimum absolute atomic E-state index is 0.0282. The molecule has 296 valence electrons. The van der Waals surface area contributed by atoms with Crippen molar-refractivity contribution in [2.24, 2.45) is 5.92 Å². The number of nitrogens with zero attached hydrogens (tertiary/aromatic N) is 3. The van der Waals surface area contributed by atoms with E-state index in [1.807, 2.05) is 11.8 Å². The molecule has 61 heavy (non-hydrogen) atoms. The second-order valence-corrected chi connectivity index (χ2v) is 18.0. The lowest BCUT2D eigenvalue weighted by atomic mass is 9.73. The van der Waals surface area contributed by atoms with E-state index in [2.05, 4.69) is 237 Å². The van der Waals surface area contributed by atoms with Crippen molar-refractivity contribution in [3.63, 3.8) is 0 Å². The Balaban J connectivity index is 0.926. The summed E-state index contributed by atoms with van der Waals surface area (Å²) >= 11 is 1.86. The summed E-state index contributed by atoms with van der Waals surface area (Å²) in [5.74, 6) is 0.396. The Morgan fingerprint density at radius 1 is 0.557 bits per heavy atom. The highest BCUT2D eigenvalue weighted by atomic mass is 32.2. The van der Waals surface area contributed by atoms with Crippen LogP contribution in [0.2, 0.25) is 0 Å². The predicted octanol–water partition coefficient (Wildman–Crippen LogP) is 16.2. The number of benzene rings is 7. The minimum Gasteiger partial charge on any atom is -0.310 e. The Kier molecular flexibility index (Phi) is 9.02. The first-order chi connectivity index (χ1) is 29.9. The van der Waals surface area contributed by atoms with E-state index < -0.39 is 0 Å². The molecule has 4 aliphatic rings. The van der Waals surface area contributed by atoms with Crippen molar-refractivity contribution in [2.45, 2.75) is 49.3 Å². The van der Waals surface area contributed by atoms with Crippen molar-refractivity contribution in [3.05, 3.63) is 222 Å². The molecule has 0 bridgehead atoms. The third-order valence-electron chi connectivity index (χ3n) is 13.2. The summed E-state index contributed by atoms with van der Waals surface area (Å²) < 4.78 is 0. The highest BCUT2D eigenvalue weighted by Gasteiger charge is 2.44. The van der Waals surface area contributed by atoms with Gasteiger partial charge >= 0.3 is 0 Å². The number of anilines is 7. The molecular formula is C57H47N3S. The number of fused-ring (bicyclic) bond motifs is 7. The van der Waals surface area contributed by atoms with Gasteiger partial charge in [0.05, 0.1) is 34.1 Å². The summed E-state index contributed by atoms with van der Waals surface area (Å²) in [7, 11) is 0. The van der Waals surface area contributed by atoms with Crippen molar-refractivity contribution in [2.75, 3.05) is 14.7 Å². The summed E-state index contributed by atoms with van der Waals surface area (Å²) in [4.78, 5) is 9.87. The van der Waals surface area contributed by atoms with Gasteiger partial charge in [0.25, 0.3) is 0 Å². The molecule has 0 radical (unpaired) electrons. The van der Waals surface area contributed by atoms with Crippen molar-refractivity contribution in [1.29, 1.82) is 0 Å².